The topological polar surface area (TPSA) is 62.6 Å². The van der Waals surface area contributed by atoms with Crippen LogP contribution in [0.4, 0.5) is 0 Å². The highest BCUT2D eigenvalue weighted by Crippen LogP contribution is 2.16. The number of likely N-dealkylation sites (tertiary alicyclic amines) is 1. The smallest absolute Gasteiger partial charge is 0.237 e. The molecule has 2 rings (SSSR count). The van der Waals surface area contributed by atoms with Gasteiger partial charge in [-0.3, -0.25) is 9.69 Å². The third kappa shape index (κ3) is 3.67. The van der Waals surface area contributed by atoms with Gasteiger partial charge in [0, 0.05) is 12.5 Å². The summed E-state index contributed by atoms with van der Waals surface area (Å²) in [5.41, 5.74) is 0. The third-order valence-electron chi connectivity index (χ3n) is 3.63. The summed E-state index contributed by atoms with van der Waals surface area (Å²) in [6, 6.07) is 3.41. The number of piperidine rings is 1. The van der Waals surface area contributed by atoms with Gasteiger partial charge in [0.15, 0.2) is 0 Å². The van der Waals surface area contributed by atoms with Crippen LogP contribution in [0.25, 0.3) is 0 Å². The molecule has 1 aromatic rings. The average molecular weight is 264 g/mol. The molecule has 19 heavy (non-hydrogen) atoms. The van der Waals surface area contributed by atoms with Gasteiger partial charge in [0.25, 0.3) is 0 Å². The van der Waals surface area contributed by atoms with Crippen molar-refractivity contribution in [1.29, 1.82) is 0 Å². The van der Waals surface area contributed by atoms with Crippen molar-refractivity contribution >= 4 is 12.2 Å². The number of furan rings is 1. The van der Waals surface area contributed by atoms with E-state index in [9.17, 15) is 9.59 Å². The van der Waals surface area contributed by atoms with Crippen LogP contribution in [0.5, 0.6) is 0 Å². The minimum atomic E-state index is -0.210. The van der Waals surface area contributed by atoms with Crippen LogP contribution in [-0.4, -0.2) is 36.2 Å². The summed E-state index contributed by atoms with van der Waals surface area (Å²) in [7, 11) is 0. The van der Waals surface area contributed by atoms with Gasteiger partial charge < -0.3 is 14.5 Å². The molecule has 0 bridgehead atoms. The van der Waals surface area contributed by atoms with Gasteiger partial charge in [0.2, 0.25) is 5.91 Å². The fourth-order valence-electron chi connectivity index (χ4n) is 2.40. The zero-order chi connectivity index (χ0) is 13.7. The molecule has 5 nitrogen and oxygen atoms in total. The molecule has 0 spiro atoms. The Bertz CT molecular complexity index is 416. The number of amides is 1. The van der Waals surface area contributed by atoms with Gasteiger partial charge in [-0.2, -0.15) is 0 Å². The lowest BCUT2D eigenvalue weighted by atomic mass is 9.98. The zero-order valence-electron chi connectivity index (χ0n) is 11.2. The van der Waals surface area contributed by atoms with Crippen molar-refractivity contribution in [2.75, 3.05) is 13.1 Å². The predicted octanol–water partition coefficient (Wildman–Crippen LogP) is 1.20. The maximum absolute atomic E-state index is 12.0. The van der Waals surface area contributed by atoms with Gasteiger partial charge in [0.1, 0.15) is 12.0 Å². The molecule has 0 saturated carbocycles. The number of carbonyl (C=O) groups excluding carboxylic acids is 2. The van der Waals surface area contributed by atoms with E-state index in [-0.39, 0.29) is 17.9 Å². The van der Waals surface area contributed by atoms with Gasteiger partial charge in [-0.15, -0.1) is 0 Å². The van der Waals surface area contributed by atoms with E-state index in [1.54, 1.807) is 12.3 Å². The van der Waals surface area contributed by atoms with Crippen molar-refractivity contribution in [3.8, 4) is 0 Å². The van der Waals surface area contributed by atoms with Crippen LogP contribution in [0.3, 0.4) is 0 Å². The Kier molecular flexibility index (Phi) is 4.74. The highest BCUT2D eigenvalue weighted by Gasteiger charge is 2.26. The van der Waals surface area contributed by atoms with Crippen molar-refractivity contribution in [2.45, 2.75) is 32.4 Å². The molecular formula is C14H20N2O3. The van der Waals surface area contributed by atoms with E-state index in [1.807, 2.05) is 13.0 Å². The molecule has 104 valence electrons. The van der Waals surface area contributed by atoms with Crippen molar-refractivity contribution in [3.63, 3.8) is 0 Å². The lowest BCUT2D eigenvalue weighted by molar-refractivity contribution is -0.127. The second-order valence-electron chi connectivity index (χ2n) is 5.01. The number of hydrogen-bond acceptors (Lipinski definition) is 4. The Labute approximate surface area is 113 Å². The first-order valence-corrected chi connectivity index (χ1v) is 6.70. The van der Waals surface area contributed by atoms with E-state index in [0.717, 1.165) is 31.4 Å². The normalized spacial score (nSPS) is 21.8. The number of nitrogens with one attached hydrogen (secondary N) is 1. The summed E-state index contributed by atoms with van der Waals surface area (Å²) < 4.78 is 5.17. The fourth-order valence-corrected chi connectivity index (χ4v) is 2.40. The van der Waals surface area contributed by atoms with Gasteiger partial charge in [0.05, 0.1) is 18.8 Å². The minimum Gasteiger partial charge on any atom is -0.467 e. The van der Waals surface area contributed by atoms with Crippen LogP contribution < -0.4 is 5.32 Å². The summed E-state index contributed by atoms with van der Waals surface area (Å²) in [4.78, 5) is 25.0. The van der Waals surface area contributed by atoms with E-state index in [0.29, 0.717) is 13.1 Å². The first-order chi connectivity index (χ1) is 9.20. The summed E-state index contributed by atoms with van der Waals surface area (Å²) in [5.74, 6) is 0.780. The Morgan fingerprint density at radius 2 is 2.53 bits per heavy atom. The lowest BCUT2D eigenvalue weighted by Gasteiger charge is -2.34. The van der Waals surface area contributed by atoms with Crippen LogP contribution in [0.2, 0.25) is 0 Å². The minimum absolute atomic E-state index is 0.0250. The summed E-state index contributed by atoms with van der Waals surface area (Å²) in [5, 5.41) is 2.85. The molecule has 1 aliphatic heterocycles. The number of hydrogen-bond donors (Lipinski definition) is 1. The largest absolute Gasteiger partial charge is 0.467 e. The average Bonchev–Trinajstić information content (AvgIpc) is 2.97. The first kappa shape index (κ1) is 13.8. The van der Waals surface area contributed by atoms with Gasteiger partial charge in [-0.05, 0) is 38.4 Å². The van der Waals surface area contributed by atoms with Crippen molar-refractivity contribution in [2.24, 2.45) is 5.92 Å². The molecule has 2 atom stereocenters. The molecule has 1 saturated heterocycles. The van der Waals surface area contributed by atoms with E-state index in [2.05, 4.69) is 10.2 Å². The van der Waals surface area contributed by atoms with Crippen molar-refractivity contribution < 1.29 is 14.0 Å². The highest BCUT2D eigenvalue weighted by molar-refractivity contribution is 5.81. The Morgan fingerprint density at radius 1 is 1.68 bits per heavy atom. The highest BCUT2D eigenvalue weighted by atomic mass is 16.3. The Hall–Kier alpha value is -1.62. The molecule has 0 radical (unpaired) electrons. The molecule has 0 aliphatic carbocycles. The standard InChI is InChI=1S/C14H20N2O3/c1-11(16-6-2-4-12(9-16)10-17)14(18)15-8-13-5-3-7-19-13/h3,5,7,10-12H,2,4,6,8-9H2,1H3,(H,15,18). The van der Waals surface area contributed by atoms with Crippen LogP contribution in [0.1, 0.15) is 25.5 Å². The molecular weight excluding hydrogens is 244 g/mol. The van der Waals surface area contributed by atoms with Crippen LogP contribution in [0.15, 0.2) is 22.8 Å². The van der Waals surface area contributed by atoms with Gasteiger partial charge in [-0.25, -0.2) is 0 Å². The number of carbonyl (C=O) groups is 2. The van der Waals surface area contributed by atoms with Gasteiger partial charge >= 0.3 is 0 Å². The van der Waals surface area contributed by atoms with E-state index < -0.39 is 0 Å². The van der Waals surface area contributed by atoms with Crippen LogP contribution in [0, 0.1) is 5.92 Å². The van der Waals surface area contributed by atoms with E-state index in [4.69, 9.17) is 4.42 Å². The molecule has 1 N–H and O–H groups in total. The maximum atomic E-state index is 12.0. The summed E-state index contributed by atoms with van der Waals surface area (Å²) >= 11 is 0. The molecule has 1 aliphatic rings. The first-order valence-electron chi connectivity index (χ1n) is 6.70. The number of rotatable bonds is 5. The van der Waals surface area contributed by atoms with Crippen molar-refractivity contribution in [3.05, 3.63) is 24.2 Å². The van der Waals surface area contributed by atoms with Gasteiger partial charge in [-0.1, -0.05) is 0 Å². The number of nitrogens with zero attached hydrogens (tertiary/aromatic N) is 1. The van der Waals surface area contributed by atoms with Crippen LogP contribution in [-0.2, 0) is 16.1 Å². The Morgan fingerprint density at radius 3 is 3.21 bits per heavy atom. The van der Waals surface area contributed by atoms with Crippen molar-refractivity contribution in [1.82, 2.24) is 10.2 Å². The fraction of sp³-hybridized carbons (Fsp3) is 0.571. The second-order valence-corrected chi connectivity index (χ2v) is 5.01. The molecule has 5 heteroatoms. The SMILES string of the molecule is CC(C(=O)NCc1ccco1)N1CCCC(C=O)C1. The number of aldehydes is 1. The summed E-state index contributed by atoms with van der Waals surface area (Å²) in [6.07, 6.45) is 4.49. The molecule has 0 aromatic carbocycles. The monoisotopic (exact) mass is 264 g/mol. The van der Waals surface area contributed by atoms with E-state index in [1.165, 1.54) is 0 Å². The third-order valence-corrected chi connectivity index (χ3v) is 3.63. The zero-order valence-corrected chi connectivity index (χ0v) is 11.2. The van der Waals surface area contributed by atoms with E-state index >= 15 is 0 Å². The molecule has 2 heterocycles. The predicted molar refractivity (Wildman–Crippen MR) is 70.4 cm³/mol. The molecule has 1 fully saturated rings. The molecule has 1 aromatic heterocycles. The quantitative estimate of drug-likeness (QED) is 0.812. The maximum Gasteiger partial charge on any atom is 0.237 e. The molecule has 2 unspecified atom stereocenters. The second kappa shape index (κ2) is 6.52. The molecule has 1 amide bonds. The Balaban J connectivity index is 1.82. The lowest BCUT2D eigenvalue weighted by Crippen LogP contribution is -2.49. The van der Waals surface area contributed by atoms with Crippen LogP contribution >= 0.6 is 0 Å². The summed E-state index contributed by atoms with van der Waals surface area (Å²) in [6.45, 7) is 3.84.